The van der Waals surface area contributed by atoms with E-state index >= 15 is 0 Å². The maximum absolute atomic E-state index is 14.5. The number of halogens is 1. The fraction of sp³-hybridized carbons (Fsp3) is 0.414. The molecule has 2 N–H and O–H groups in total. The Morgan fingerprint density at radius 2 is 1.93 bits per heavy atom. The van der Waals surface area contributed by atoms with Gasteiger partial charge in [-0.2, -0.15) is 0 Å². The number of pyridine rings is 2. The zero-order chi connectivity index (χ0) is 30.3. The van der Waals surface area contributed by atoms with E-state index in [9.17, 15) is 23.6 Å². The van der Waals surface area contributed by atoms with Crippen molar-refractivity contribution in [3.63, 3.8) is 0 Å². The number of fused-ring (bicyclic) bond motifs is 1. The number of aromatic amines is 1. The number of hydrogen-bond acceptors (Lipinski definition) is 6. The number of anilines is 1. The Morgan fingerprint density at radius 1 is 1.20 bits per heavy atom. The normalized spacial score (nSPS) is 12.1. The maximum atomic E-state index is 14.5. The number of aromatic nitrogens is 3. The van der Waals surface area contributed by atoms with E-state index in [1.54, 1.807) is 38.5 Å². The summed E-state index contributed by atoms with van der Waals surface area (Å²) in [6.45, 7) is 4.14. The van der Waals surface area contributed by atoms with Crippen molar-refractivity contribution in [3.8, 4) is 0 Å². The number of likely N-dealkylation sites (N-methyl/N-ethyl adjacent to an activating group) is 1. The van der Waals surface area contributed by atoms with Crippen molar-refractivity contribution in [2.75, 3.05) is 33.5 Å². The van der Waals surface area contributed by atoms with Gasteiger partial charge in [0.1, 0.15) is 11.5 Å². The SMILES string of the molecule is CC(C)Cc1c(F)cnc2cc(Cn3cccc(NC(=O)C(CC/C=C/C(=O)N(C)C)OC(=O)N(C)C)c3=O)[nH]c12. The van der Waals surface area contributed by atoms with Gasteiger partial charge < -0.3 is 29.4 Å². The molecular formula is C29H37FN6O5. The lowest BCUT2D eigenvalue weighted by Crippen LogP contribution is -2.37. The molecule has 0 aliphatic rings. The monoisotopic (exact) mass is 568 g/mol. The molecule has 1 atom stereocenters. The van der Waals surface area contributed by atoms with E-state index in [1.807, 2.05) is 13.8 Å². The summed E-state index contributed by atoms with van der Waals surface area (Å²) in [5.41, 5.74) is 1.91. The number of hydrogen-bond donors (Lipinski definition) is 2. The van der Waals surface area contributed by atoms with E-state index in [-0.39, 0.29) is 42.7 Å². The lowest BCUT2D eigenvalue weighted by atomic mass is 10.0. The highest BCUT2D eigenvalue weighted by Gasteiger charge is 2.24. The molecule has 3 rings (SSSR count). The van der Waals surface area contributed by atoms with Gasteiger partial charge in [0.15, 0.2) is 6.10 Å². The van der Waals surface area contributed by atoms with Gasteiger partial charge in [0.25, 0.3) is 11.5 Å². The molecule has 0 bridgehead atoms. The van der Waals surface area contributed by atoms with Gasteiger partial charge in [-0.05, 0) is 49.5 Å². The minimum atomic E-state index is -1.20. The van der Waals surface area contributed by atoms with Crippen molar-refractivity contribution in [1.82, 2.24) is 24.3 Å². The van der Waals surface area contributed by atoms with Crippen LogP contribution in [0, 0.1) is 11.7 Å². The molecule has 3 heterocycles. The average Bonchev–Trinajstić information content (AvgIpc) is 3.32. The van der Waals surface area contributed by atoms with Gasteiger partial charge in [0.2, 0.25) is 5.91 Å². The number of H-pyrrole nitrogens is 1. The van der Waals surface area contributed by atoms with E-state index in [2.05, 4.69) is 15.3 Å². The van der Waals surface area contributed by atoms with Crippen LogP contribution in [0.5, 0.6) is 0 Å². The molecule has 220 valence electrons. The second-order valence-corrected chi connectivity index (χ2v) is 10.6. The molecule has 0 saturated heterocycles. The molecule has 3 amide bonds. The summed E-state index contributed by atoms with van der Waals surface area (Å²) in [5.74, 6) is -1.04. The first kappa shape index (κ1) is 31.1. The predicted octanol–water partition coefficient (Wildman–Crippen LogP) is 3.54. The minimum absolute atomic E-state index is 0.00232. The van der Waals surface area contributed by atoms with Gasteiger partial charge in [-0.3, -0.25) is 19.4 Å². The molecular weight excluding hydrogens is 531 g/mol. The van der Waals surface area contributed by atoms with Crippen LogP contribution in [0.25, 0.3) is 11.0 Å². The molecule has 0 saturated carbocycles. The van der Waals surface area contributed by atoms with Crippen LogP contribution in [-0.2, 0) is 27.3 Å². The summed E-state index contributed by atoms with van der Waals surface area (Å²) in [4.78, 5) is 60.2. The van der Waals surface area contributed by atoms with E-state index in [4.69, 9.17) is 4.74 Å². The second kappa shape index (κ2) is 13.7. The highest BCUT2D eigenvalue weighted by atomic mass is 19.1. The molecule has 3 aromatic rings. The molecule has 0 radical (unpaired) electrons. The molecule has 41 heavy (non-hydrogen) atoms. The smallest absolute Gasteiger partial charge is 0.410 e. The number of nitrogens with one attached hydrogen (secondary N) is 2. The zero-order valence-electron chi connectivity index (χ0n) is 24.2. The van der Waals surface area contributed by atoms with E-state index < -0.39 is 23.7 Å². The van der Waals surface area contributed by atoms with Gasteiger partial charge in [0, 0.05) is 45.6 Å². The van der Waals surface area contributed by atoms with Crippen molar-refractivity contribution in [2.24, 2.45) is 5.92 Å². The maximum Gasteiger partial charge on any atom is 0.410 e. The third kappa shape index (κ3) is 8.26. The van der Waals surface area contributed by atoms with Crippen LogP contribution in [0.4, 0.5) is 14.9 Å². The van der Waals surface area contributed by atoms with Crippen molar-refractivity contribution < 1.29 is 23.5 Å². The summed E-state index contributed by atoms with van der Waals surface area (Å²) < 4.78 is 21.2. The third-order valence-electron chi connectivity index (χ3n) is 6.19. The summed E-state index contributed by atoms with van der Waals surface area (Å²) in [6, 6.07) is 4.83. The standard InChI is InChI=1S/C29H37FN6O5/c1-18(2)14-20-21(30)16-31-23-15-19(32-26(20)23)17-36-13-9-10-22(28(36)39)33-27(38)24(41-29(40)35(5)6)11-7-8-12-25(37)34(3)4/h8-10,12-13,15-16,18,24,32H,7,11,14,17H2,1-6H3,(H,33,38)/b12-8+. The van der Waals surface area contributed by atoms with Crippen LogP contribution in [0.3, 0.4) is 0 Å². The molecule has 0 aromatic carbocycles. The van der Waals surface area contributed by atoms with Crippen molar-refractivity contribution in [2.45, 2.75) is 45.8 Å². The minimum Gasteiger partial charge on any atom is -0.436 e. The molecule has 0 aliphatic heterocycles. The van der Waals surface area contributed by atoms with Gasteiger partial charge >= 0.3 is 6.09 Å². The molecule has 3 aromatic heterocycles. The molecule has 12 heteroatoms. The fourth-order valence-electron chi connectivity index (χ4n) is 4.05. The molecule has 0 aliphatic carbocycles. The number of ether oxygens (including phenoxy) is 1. The largest absolute Gasteiger partial charge is 0.436 e. The van der Waals surface area contributed by atoms with Crippen molar-refractivity contribution in [1.29, 1.82) is 0 Å². The van der Waals surface area contributed by atoms with E-state index in [0.717, 1.165) is 0 Å². The number of amides is 3. The first-order valence-electron chi connectivity index (χ1n) is 13.3. The predicted molar refractivity (Wildman–Crippen MR) is 154 cm³/mol. The molecule has 0 spiro atoms. The first-order chi connectivity index (χ1) is 19.4. The van der Waals surface area contributed by atoms with E-state index in [1.165, 1.54) is 46.8 Å². The average molecular weight is 569 g/mol. The Balaban J connectivity index is 1.79. The highest BCUT2D eigenvalue weighted by molar-refractivity contribution is 5.95. The summed E-state index contributed by atoms with van der Waals surface area (Å²) >= 11 is 0. The first-order valence-corrected chi connectivity index (χ1v) is 13.3. The summed E-state index contributed by atoms with van der Waals surface area (Å²) in [6.07, 6.45) is 4.74. The summed E-state index contributed by atoms with van der Waals surface area (Å²) in [7, 11) is 6.21. The lowest BCUT2D eigenvalue weighted by Gasteiger charge is -2.19. The van der Waals surface area contributed by atoms with Crippen LogP contribution in [0.1, 0.15) is 37.9 Å². The van der Waals surface area contributed by atoms with Gasteiger partial charge in [-0.25, -0.2) is 9.18 Å². The third-order valence-corrected chi connectivity index (χ3v) is 6.19. The Labute approximate surface area is 238 Å². The van der Waals surface area contributed by atoms with E-state index in [0.29, 0.717) is 28.7 Å². The van der Waals surface area contributed by atoms with Crippen LogP contribution in [0.2, 0.25) is 0 Å². The summed E-state index contributed by atoms with van der Waals surface area (Å²) in [5, 5.41) is 2.57. The Morgan fingerprint density at radius 3 is 2.59 bits per heavy atom. The quantitative estimate of drug-likeness (QED) is 0.341. The van der Waals surface area contributed by atoms with Crippen molar-refractivity contribution >= 4 is 34.6 Å². The van der Waals surface area contributed by atoms with Crippen LogP contribution >= 0.6 is 0 Å². The van der Waals surface area contributed by atoms with Gasteiger partial charge in [-0.15, -0.1) is 0 Å². The van der Waals surface area contributed by atoms with Gasteiger partial charge in [-0.1, -0.05) is 19.9 Å². The Hall–Kier alpha value is -4.48. The van der Waals surface area contributed by atoms with Crippen LogP contribution < -0.4 is 10.9 Å². The Bertz CT molecular complexity index is 1490. The highest BCUT2D eigenvalue weighted by Crippen LogP contribution is 2.23. The van der Waals surface area contributed by atoms with Crippen LogP contribution in [0.15, 0.2) is 47.5 Å². The fourth-order valence-corrected chi connectivity index (χ4v) is 4.05. The number of allylic oxidation sites excluding steroid dienone is 1. The van der Waals surface area contributed by atoms with Gasteiger partial charge in [0.05, 0.1) is 23.8 Å². The lowest BCUT2D eigenvalue weighted by molar-refractivity contribution is -0.125. The second-order valence-electron chi connectivity index (χ2n) is 10.6. The van der Waals surface area contributed by atoms with Crippen LogP contribution in [-0.4, -0.2) is 76.5 Å². The zero-order valence-corrected chi connectivity index (χ0v) is 24.2. The number of carbonyl (C=O) groups is 3. The molecule has 0 fully saturated rings. The molecule has 11 nitrogen and oxygen atoms in total. The Kier molecular flexibility index (Phi) is 10.4. The number of carbonyl (C=O) groups excluding carboxylic acids is 3. The number of rotatable bonds is 11. The topological polar surface area (TPSA) is 130 Å². The van der Waals surface area contributed by atoms with Crippen molar-refractivity contribution in [3.05, 3.63) is 70.2 Å². The number of nitrogens with zero attached hydrogens (tertiary/aromatic N) is 4. The molecule has 1 unspecified atom stereocenters.